The number of allylic oxidation sites excluding steroid dienone is 1. The highest BCUT2D eigenvalue weighted by molar-refractivity contribution is 5.26. The average Bonchev–Trinajstić information content (AvgIpc) is 2.42. The lowest BCUT2D eigenvalue weighted by Crippen LogP contribution is -2.38. The van der Waals surface area contributed by atoms with Crippen LogP contribution in [0.4, 0.5) is 0 Å². The summed E-state index contributed by atoms with van der Waals surface area (Å²) < 4.78 is 0. The first kappa shape index (κ1) is 15.0. The molecular weight excluding hydrogens is 220 g/mol. The molecule has 1 atom stereocenters. The van der Waals surface area contributed by atoms with Crippen LogP contribution in [0, 0.1) is 0 Å². The van der Waals surface area contributed by atoms with E-state index in [1.807, 2.05) is 12.1 Å². The van der Waals surface area contributed by atoms with Gasteiger partial charge < -0.3 is 5.11 Å². The minimum Gasteiger partial charge on any atom is -0.392 e. The van der Waals surface area contributed by atoms with Crippen LogP contribution in [0.25, 0.3) is 0 Å². The van der Waals surface area contributed by atoms with Gasteiger partial charge in [-0.1, -0.05) is 50.3 Å². The van der Waals surface area contributed by atoms with Crippen LogP contribution in [0.3, 0.4) is 0 Å². The number of unbranched alkanes of at least 4 members (excludes halogenated alkanes) is 1. The molecule has 0 saturated heterocycles. The van der Waals surface area contributed by atoms with Crippen LogP contribution in [-0.2, 0) is 5.41 Å². The van der Waals surface area contributed by atoms with Crippen molar-refractivity contribution in [1.82, 2.24) is 0 Å². The fourth-order valence-corrected chi connectivity index (χ4v) is 2.82. The number of aliphatic hydroxyl groups excluding tert-OH is 1. The third kappa shape index (κ3) is 3.23. The maximum atomic E-state index is 10.6. The number of aliphatic hydroxyl groups is 1. The van der Waals surface area contributed by atoms with E-state index in [1.165, 1.54) is 5.56 Å². The van der Waals surface area contributed by atoms with Gasteiger partial charge in [0.1, 0.15) is 0 Å². The van der Waals surface area contributed by atoms with E-state index in [4.69, 9.17) is 0 Å². The molecule has 1 aromatic rings. The van der Waals surface area contributed by atoms with E-state index in [2.05, 4.69) is 44.7 Å². The number of rotatable bonds is 8. The third-order valence-corrected chi connectivity index (χ3v) is 4.13. The van der Waals surface area contributed by atoms with Crippen molar-refractivity contribution in [2.45, 2.75) is 57.5 Å². The molecule has 18 heavy (non-hydrogen) atoms. The van der Waals surface area contributed by atoms with E-state index in [0.29, 0.717) is 0 Å². The summed E-state index contributed by atoms with van der Waals surface area (Å²) in [6.45, 7) is 8.08. The second-order valence-corrected chi connectivity index (χ2v) is 4.96. The van der Waals surface area contributed by atoms with Crippen molar-refractivity contribution in [3.63, 3.8) is 0 Å². The maximum Gasteiger partial charge on any atom is 0.0636 e. The highest BCUT2D eigenvalue weighted by atomic mass is 16.3. The van der Waals surface area contributed by atoms with Gasteiger partial charge in [-0.2, -0.15) is 0 Å². The summed E-state index contributed by atoms with van der Waals surface area (Å²) in [7, 11) is 0. The van der Waals surface area contributed by atoms with Gasteiger partial charge in [0.05, 0.1) is 6.10 Å². The Labute approximate surface area is 112 Å². The van der Waals surface area contributed by atoms with E-state index in [9.17, 15) is 5.11 Å². The molecule has 0 saturated carbocycles. The van der Waals surface area contributed by atoms with Crippen LogP contribution in [0.5, 0.6) is 0 Å². The second kappa shape index (κ2) is 7.38. The van der Waals surface area contributed by atoms with Crippen molar-refractivity contribution in [2.75, 3.05) is 0 Å². The second-order valence-electron chi connectivity index (χ2n) is 4.96. The fourth-order valence-electron chi connectivity index (χ4n) is 2.82. The van der Waals surface area contributed by atoms with Crippen LogP contribution in [-0.4, -0.2) is 11.2 Å². The van der Waals surface area contributed by atoms with Crippen LogP contribution in [0.2, 0.25) is 0 Å². The number of hydrogen-bond acceptors (Lipinski definition) is 1. The van der Waals surface area contributed by atoms with Crippen molar-refractivity contribution in [3.05, 3.63) is 48.6 Å². The Morgan fingerprint density at radius 2 is 1.83 bits per heavy atom. The molecule has 1 N–H and O–H groups in total. The molecule has 0 bridgehead atoms. The first-order chi connectivity index (χ1) is 8.71. The minimum atomic E-state index is -0.269. The van der Waals surface area contributed by atoms with Crippen LogP contribution < -0.4 is 0 Å². The summed E-state index contributed by atoms with van der Waals surface area (Å²) in [5.41, 5.74) is 1.17. The summed E-state index contributed by atoms with van der Waals surface area (Å²) in [6.07, 6.45) is 6.45. The Hall–Kier alpha value is -1.08. The molecule has 100 valence electrons. The molecule has 0 fully saturated rings. The van der Waals surface area contributed by atoms with Crippen LogP contribution in [0.15, 0.2) is 43.0 Å². The topological polar surface area (TPSA) is 20.2 Å². The highest BCUT2D eigenvalue weighted by Crippen LogP contribution is 2.37. The molecule has 0 amide bonds. The van der Waals surface area contributed by atoms with Gasteiger partial charge in [-0.05, 0) is 37.7 Å². The Kier molecular flexibility index (Phi) is 6.14. The lowest BCUT2D eigenvalue weighted by Gasteiger charge is -2.37. The van der Waals surface area contributed by atoms with Crippen molar-refractivity contribution >= 4 is 0 Å². The number of hydrogen-bond donors (Lipinski definition) is 1. The Bertz CT molecular complexity index is 338. The lowest BCUT2D eigenvalue weighted by atomic mass is 9.70. The zero-order valence-corrected chi connectivity index (χ0v) is 11.7. The molecule has 0 heterocycles. The Morgan fingerprint density at radius 1 is 1.22 bits per heavy atom. The van der Waals surface area contributed by atoms with Crippen molar-refractivity contribution in [2.24, 2.45) is 0 Å². The maximum absolute atomic E-state index is 10.6. The van der Waals surface area contributed by atoms with E-state index in [-0.39, 0.29) is 11.5 Å². The molecule has 0 spiro atoms. The van der Waals surface area contributed by atoms with E-state index in [0.717, 1.165) is 32.1 Å². The third-order valence-electron chi connectivity index (χ3n) is 4.13. The molecule has 1 nitrogen and oxygen atoms in total. The highest BCUT2D eigenvalue weighted by Gasteiger charge is 2.35. The van der Waals surface area contributed by atoms with E-state index < -0.39 is 0 Å². The molecule has 1 rings (SSSR count). The van der Waals surface area contributed by atoms with Gasteiger partial charge in [-0.15, -0.1) is 6.58 Å². The molecule has 1 unspecified atom stereocenters. The van der Waals surface area contributed by atoms with Gasteiger partial charge in [0.25, 0.3) is 0 Å². The van der Waals surface area contributed by atoms with Crippen LogP contribution in [0.1, 0.15) is 51.5 Å². The summed E-state index contributed by atoms with van der Waals surface area (Å²) in [6, 6.07) is 10.4. The monoisotopic (exact) mass is 246 g/mol. The fraction of sp³-hybridized carbons (Fsp3) is 0.529. The van der Waals surface area contributed by atoms with Crippen molar-refractivity contribution in [3.8, 4) is 0 Å². The lowest BCUT2D eigenvalue weighted by molar-refractivity contribution is 0.0640. The first-order valence-corrected chi connectivity index (χ1v) is 7.05. The summed E-state index contributed by atoms with van der Waals surface area (Å²) in [5.74, 6) is 0. The molecule has 0 radical (unpaired) electrons. The SMILES string of the molecule is C=CCCCC(O)C(CC)(CC)c1ccccc1. The molecule has 0 aromatic heterocycles. The Balaban J connectivity index is 2.89. The molecule has 0 aliphatic carbocycles. The summed E-state index contributed by atoms with van der Waals surface area (Å²) >= 11 is 0. The molecule has 1 heteroatoms. The van der Waals surface area contributed by atoms with Gasteiger partial charge in [0.2, 0.25) is 0 Å². The predicted molar refractivity (Wildman–Crippen MR) is 78.8 cm³/mol. The summed E-state index contributed by atoms with van der Waals surface area (Å²) in [4.78, 5) is 0. The standard InChI is InChI=1S/C17H26O/c1-4-7-9-14-16(18)17(5-2,6-3)15-12-10-8-11-13-15/h4,8,10-13,16,18H,1,5-7,9,14H2,2-3H3. The molecule has 0 aliphatic heterocycles. The first-order valence-electron chi connectivity index (χ1n) is 7.05. The largest absolute Gasteiger partial charge is 0.392 e. The van der Waals surface area contributed by atoms with Gasteiger partial charge >= 0.3 is 0 Å². The quantitative estimate of drug-likeness (QED) is 0.530. The summed E-state index contributed by atoms with van der Waals surface area (Å²) in [5, 5.41) is 10.6. The molecular formula is C17H26O. The average molecular weight is 246 g/mol. The van der Waals surface area contributed by atoms with E-state index >= 15 is 0 Å². The van der Waals surface area contributed by atoms with Gasteiger partial charge in [0.15, 0.2) is 0 Å². The van der Waals surface area contributed by atoms with Gasteiger partial charge in [-0.3, -0.25) is 0 Å². The Morgan fingerprint density at radius 3 is 2.33 bits per heavy atom. The predicted octanol–water partition coefficient (Wildman–Crippen LogP) is 4.46. The zero-order valence-electron chi connectivity index (χ0n) is 11.7. The van der Waals surface area contributed by atoms with Crippen molar-refractivity contribution < 1.29 is 5.11 Å². The van der Waals surface area contributed by atoms with E-state index in [1.54, 1.807) is 0 Å². The molecule has 1 aromatic carbocycles. The number of benzene rings is 1. The zero-order chi connectivity index (χ0) is 13.4. The van der Waals surface area contributed by atoms with Crippen LogP contribution >= 0.6 is 0 Å². The smallest absolute Gasteiger partial charge is 0.0636 e. The minimum absolute atomic E-state index is 0.0948. The normalized spacial score (nSPS) is 13.3. The van der Waals surface area contributed by atoms with Gasteiger partial charge in [-0.25, -0.2) is 0 Å². The van der Waals surface area contributed by atoms with Crippen molar-refractivity contribution in [1.29, 1.82) is 0 Å². The molecule has 0 aliphatic rings. The van der Waals surface area contributed by atoms with Gasteiger partial charge in [0, 0.05) is 5.41 Å².